The first-order chi connectivity index (χ1) is 18.1. The zero-order valence-electron chi connectivity index (χ0n) is 19.8. The van der Waals surface area contributed by atoms with E-state index < -0.39 is 0 Å². The van der Waals surface area contributed by atoms with Crippen LogP contribution in [0.1, 0.15) is 12.8 Å². The normalized spacial score (nSPS) is 13.3. The van der Waals surface area contributed by atoms with Gasteiger partial charge in [0.05, 0.1) is 23.1 Å². The van der Waals surface area contributed by atoms with E-state index in [0.717, 1.165) is 68.3 Å². The minimum Gasteiger partial charge on any atom is -0.353 e. The Morgan fingerprint density at radius 3 is 2.62 bits per heavy atom. The van der Waals surface area contributed by atoms with Crippen LogP contribution in [0.4, 0.5) is 10.1 Å². The van der Waals surface area contributed by atoms with Crippen LogP contribution < -0.4 is 5.32 Å². The number of pyridine rings is 1. The summed E-state index contributed by atoms with van der Waals surface area (Å²) >= 11 is 0. The lowest BCUT2D eigenvalue weighted by Crippen LogP contribution is -2.13. The number of benzene rings is 3. The Morgan fingerprint density at radius 1 is 0.865 bits per heavy atom. The van der Waals surface area contributed by atoms with Gasteiger partial charge in [0.25, 0.3) is 0 Å². The van der Waals surface area contributed by atoms with Gasteiger partial charge >= 0.3 is 0 Å². The van der Waals surface area contributed by atoms with E-state index in [4.69, 9.17) is 0 Å². The number of hydrogen-bond donors (Lipinski definition) is 3. The van der Waals surface area contributed by atoms with Crippen molar-refractivity contribution in [3.63, 3.8) is 0 Å². The van der Waals surface area contributed by atoms with Gasteiger partial charge in [0, 0.05) is 34.0 Å². The Kier molecular flexibility index (Phi) is 4.89. The van der Waals surface area contributed by atoms with Gasteiger partial charge < -0.3 is 10.3 Å². The lowest BCUT2D eigenvalue weighted by Gasteiger charge is -2.07. The second-order valence-electron chi connectivity index (χ2n) is 9.52. The first-order valence-electron chi connectivity index (χ1n) is 12.2. The molecule has 37 heavy (non-hydrogen) atoms. The van der Waals surface area contributed by atoms with Crippen LogP contribution in [0.5, 0.6) is 0 Å². The molecule has 1 aliphatic rings. The van der Waals surface area contributed by atoms with E-state index in [9.17, 15) is 9.18 Å². The predicted molar refractivity (Wildman–Crippen MR) is 143 cm³/mol. The molecule has 180 valence electrons. The number of aromatic nitrogens is 4. The van der Waals surface area contributed by atoms with Crippen LogP contribution in [0.25, 0.3) is 55.4 Å². The second-order valence-corrected chi connectivity index (χ2v) is 9.52. The summed E-state index contributed by atoms with van der Waals surface area (Å²) in [5.74, 6) is -0.0732. The Bertz CT molecular complexity index is 1810. The Hall–Kier alpha value is -4.78. The van der Waals surface area contributed by atoms with Crippen LogP contribution in [0.3, 0.4) is 0 Å². The largest absolute Gasteiger partial charge is 0.353 e. The SMILES string of the molecule is O=C(Nc1cncc(-c2ccc3[nH]nc(-c4cc5c(-c6cccc(F)c6)cccc5[nH]4)c3c2)c1)C1CC1. The van der Waals surface area contributed by atoms with Gasteiger partial charge in [-0.3, -0.25) is 14.9 Å². The number of carbonyl (C=O) groups is 1. The van der Waals surface area contributed by atoms with Crippen molar-refractivity contribution in [3.8, 4) is 33.6 Å². The van der Waals surface area contributed by atoms with E-state index in [1.165, 1.54) is 6.07 Å². The number of carbonyl (C=O) groups excluding carboxylic acids is 1. The zero-order valence-corrected chi connectivity index (χ0v) is 19.8. The number of hydrogen-bond acceptors (Lipinski definition) is 3. The monoisotopic (exact) mass is 487 g/mol. The molecule has 1 fully saturated rings. The van der Waals surface area contributed by atoms with Crippen LogP contribution in [-0.2, 0) is 4.79 Å². The van der Waals surface area contributed by atoms with Crippen LogP contribution in [0, 0.1) is 11.7 Å². The van der Waals surface area contributed by atoms with Crippen molar-refractivity contribution in [2.75, 3.05) is 5.32 Å². The Morgan fingerprint density at radius 2 is 1.76 bits per heavy atom. The number of amides is 1. The number of halogens is 1. The maximum absolute atomic E-state index is 13.9. The summed E-state index contributed by atoms with van der Waals surface area (Å²) in [6, 6.07) is 22.7. The highest BCUT2D eigenvalue weighted by Gasteiger charge is 2.29. The maximum Gasteiger partial charge on any atom is 0.227 e. The summed E-state index contributed by atoms with van der Waals surface area (Å²) in [6.45, 7) is 0. The molecule has 0 unspecified atom stereocenters. The molecule has 0 aliphatic heterocycles. The number of H-pyrrole nitrogens is 2. The molecule has 7 rings (SSSR count). The molecule has 0 bridgehead atoms. The van der Waals surface area contributed by atoms with Gasteiger partial charge in [-0.2, -0.15) is 5.10 Å². The molecule has 3 aromatic heterocycles. The number of aromatic amines is 2. The summed E-state index contributed by atoms with van der Waals surface area (Å²) < 4.78 is 13.9. The molecule has 0 spiro atoms. The molecule has 3 heterocycles. The molecule has 0 saturated heterocycles. The lowest BCUT2D eigenvalue weighted by molar-refractivity contribution is -0.117. The molecule has 7 heteroatoms. The van der Waals surface area contributed by atoms with Gasteiger partial charge in [0.2, 0.25) is 5.91 Å². The Balaban J connectivity index is 1.28. The summed E-state index contributed by atoms with van der Waals surface area (Å²) in [4.78, 5) is 20.0. The van der Waals surface area contributed by atoms with Crippen LogP contribution in [0.2, 0.25) is 0 Å². The third kappa shape index (κ3) is 3.94. The smallest absolute Gasteiger partial charge is 0.227 e. The van der Waals surface area contributed by atoms with Crippen LogP contribution >= 0.6 is 0 Å². The number of nitrogens with one attached hydrogen (secondary N) is 3. The van der Waals surface area contributed by atoms with Gasteiger partial charge in [-0.15, -0.1) is 0 Å². The first-order valence-corrected chi connectivity index (χ1v) is 12.2. The molecule has 1 amide bonds. The van der Waals surface area contributed by atoms with Crippen LogP contribution in [0.15, 0.2) is 85.2 Å². The van der Waals surface area contributed by atoms with Crippen molar-refractivity contribution in [1.29, 1.82) is 0 Å². The molecule has 1 saturated carbocycles. The quantitative estimate of drug-likeness (QED) is 0.246. The van der Waals surface area contributed by atoms with Gasteiger partial charge in [0.1, 0.15) is 11.5 Å². The fourth-order valence-electron chi connectivity index (χ4n) is 4.85. The van der Waals surface area contributed by atoms with E-state index in [2.05, 4.69) is 37.6 Å². The summed E-state index contributed by atoms with van der Waals surface area (Å²) in [5, 5.41) is 12.7. The minimum atomic E-state index is -0.262. The Labute approximate surface area is 211 Å². The van der Waals surface area contributed by atoms with Crippen molar-refractivity contribution in [1.82, 2.24) is 20.2 Å². The number of anilines is 1. The maximum atomic E-state index is 13.9. The molecule has 0 radical (unpaired) electrons. The summed E-state index contributed by atoms with van der Waals surface area (Å²) in [6.07, 6.45) is 5.38. The molecular formula is C30H22FN5O. The molecular weight excluding hydrogens is 465 g/mol. The highest BCUT2D eigenvalue weighted by atomic mass is 19.1. The van der Waals surface area contributed by atoms with E-state index in [-0.39, 0.29) is 17.6 Å². The number of fused-ring (bicyclic) bond motifs is 2. The van der Waals surface area contributed by atoms with E-state index >= 15 is 0 Å². The van der Waals surface area contributed by atoms with Crippen molar-refractivity contribution in [2.45, 2.75) is 12.8 Å². The van der Waals surface area contributed by atoms with Crippen molar-refractivity contribution >= 4 is 33.4 Å². The molecule has 3 aromatic carbocycles. The first kappa shape index (κ1) is 21.5. The average molecular weight is 488 g/mol. The number of rotatable bonds is 5. The van der Waals surface area contributed by atoms with Crippen molar-refractivity contribution in [2.24, 2.45) is 5.92 Å². The van der Waals surface area contributed by atoms with Gasteiger partial charge in [-0.25, -0.2) is 4.39 Å². The average Bonchev–Trinajstić information content (AvgIpc) is 3.55. The van der Waals surface area contributed by atoms with Gasteiger partial charge in [-0.1, -0.05) is 30.3 Å². The minimum absolute atomic E-state index is 0.0583. The highest BCUT2D eigenvalue weighted by Crippen LogP contribution is 2.36. The van der Waals surface area contributed by atoms with Crippen molar-refractivity contribution in [3.05, 3.63) is 91.0 Å². The molecule has 0 atom stereocenters. The zero-order chi connectivity index (χ0) is 24.9. The number of nitrogens with zero attached hydrogens (tertiary/aromatic N) is 2. The van der Waals surface area contributed by atoms with Crippen LogP contribution in [-0.4, -0.2) is 26.1 Å². The van der Waals surface area contributed by atoms with Gasteiger partial charge in [0.15, 0.2) is 0 Å². The molecule has 1 aliphatic carbocycles. The highest BCUT2D eigenvalue weighted by molar-refractivity contribution is 6.02. The fourth-order valence-corrected chi connectivity index (χ4v) is 4.85. The van der Waals surface area contributed by atoms with E-state index in [1.54, 1.807) is 24.5 Å². The topological polar surface area (TPSA) is 86.5 Å². The lowest BCUT2D eigenvalue weighted by atomic mass is 10.0. The standard InChI is InChI=1S/C30H22FN5O/c31-21-4-1-3-19(11-21)23-5-2-6-26-24(23)14-28(34-26)29-25-13-18(9-10-27(25)35-36-29)20-12-22(16-32-15-20)33-30(37)17-7-8-17/h1-6,9-17,34H,7-8H2,(H,33,37)(H,35,36). The van der Waals surface area contributed by atoms with Crippen molar-refractivity contribution < 1.29 is 9.18 Å². The van der Waals surface area contributed by atoms with Gasteiger partial charge in [-0.05, 0) is 72.0 Å². The molecule has 3 N–H and O–H groups in total. The second kappa shape index (κ2) is 8.41. The fraction of sp³-hybridized carbons (Fsp3) is 0.100. The molecule has 6 nitrogen and oxygen atoms in total. The third-order valence-corrected chi connectivity index (χ3v) is 6.90. The summed E-state index contributed by atoms with van der Waals surface area (Å²) in [7, 11) is 0. The predicted octanol–water partition coefficient (Wildman–Crippen LogP) is 6.93. The third-order valence-electron chi connectivity index (χ3n) is 6.90. The summed E-state index contributed by atoms with van der Waals surface area (Å²) in [5.41, 5.74) is 7.89. The van der Waals surface area contributed by atoms with E-state index in [1.807, 2.05) is 42.5 Å². The molecule has 6 aromatic rings. The van der Waals surface area contributed by atoms with E-state index in [0.29, 0.717) is 5.69 Å².